The molecule has 0 atom stereocenters. The number of amides is 1. The zero-order chi connectivity index (χ0) is 13.2. The average molecular weight is 259 g/mol. The first-order valence-corrected chi connectivity index (χ1v) is 5.76. The SMILES string of the molecule is COCN1NN(c2ccccc2)c2cncn2C1=O. The molecule has 2 heterocycles. The number of fused-ring (bicyclic) bond motifs is 1. The molecule has 1 aliphatic rings. The molecule has 1 aromatic carbocycles. The molecule has 0 saturated carbocycles. The molecule has 2 aromatic rings. The molecular formula is C12H13N5O2. The summed E-state index contributed by atoms with van der Waals surface area (Å²) in [6.45, 7) is 0.139. The van der Waals surface area contributed by atoms with E-state index in [0.717, 1.165) is 5.69 Å². The van der Waals surface area contributed by atoms with Gasteiger partial charge in [0.25, 0.3) is 0 Å². The predicted molar refractivity (Wildman–Crippen MR) is 68.5 cm³/mol. The number of aromatic nitrogens is 2. The summed E-state index contributed by atoms with van der Waals surface area (Å²) in [5.74, 6) is 0.656. The van der Waals surface area contributed by atoms with Crippen LogP contribution in [0.2, 0.25) is 0 Å². The van der Waals surface area contributed by atoms with Crippen molar-refractivity contribution >= 4 is 17.5 Å². The lowest BCUT2D eigenvalue weighted by Gasteiger charge is -2.36. The number of benzene rings is 1. The first-order valence-electron chi connectivity index (χ1n) is 5.76. The van der Waals surface area contributed by atoms with E-state index in [1.165, 1.54) is 23.0 Å². The van der Waals surface area contributed by atoms with Crippen LogP contribution in [0, 0.1) is 0 Å². The lowest BCUT2D eigenvalue weighted by Crippen LogP contribution is -2.57. The van der Waals surface area contributed by atoms with Crippen LogP contribution < -0.4 is 10.5 Å². The maximum absolute atomic E-state index is 12.1. The molecule has 0 fully saturated rings. The topological polar surface area (TPSA) is 62.6 Å². The summed E-state index contributed by atoms with van der Waals surface area (Å²) >= 11 is 0. The Morgan fingerprint density at radius 1 is 1.32 bits per heavy atom. The Labute approximate surface area is 110 Å². The highest BCUT2D eigenvalue weighted by molar-refractivity contribution is 5.83. The second-order valence-electron chi connectivity index (χ2n) is 4.02. The molecule has 0 saturated heterocycles. The first kappa shape index (κ1) is 11.7. The number of nitrogens with one attached hydrogen (secondary N) is 1. The van der Waals surface area contributed by atoms with Gasteiger partial charge in [0.05, 0.1) is 11.9 Å². The average Bonchev–Trinajstić information content (AvgIpc) is 2.93. The van der Waals surface area contributed by atoms with Crippen molar-refractivity contribution in [2.45, 2.75) is 0 Å². The first-order chi connectivity index (χ1) is 9.31. The summed E-state index contributed by atoms with van der Waals surface area (Å²) in [6.07, 6.45) is 3.11. The molecule has 1 N–H and O–H groups in total. The third-order valence-electron chi connectivity index (χ3n) is 2.78. The summed E-state index contributed by atoms with van der Waals surface area (Å²) in [6, 6.07) is 9.42. The minimum Gasteiger partial charge on any atom is -0.363 e. The van der Waals surface area contributed by atoms with E-state index in [-0.39, 0.29) is 12.8 Å². The second kappa shape index (κ2) is 4.71. The van der Waals surface area contributed by atoms with Crippen LogP contribution in [0.5, 0.6) is 0 Å². The summed E-state index contributed by atoms with van der Waals surface area (Å²) in [5.41, 5.74) is 3.89. The van der Waals surface area contributed by atoms with Gasteiger partial charge >= 0.3 is 6.03 Å². The van der Waals surface area contributed by atoms with Crippen molar-refractivity contribution in [2.24, 2.45) is 0 Å². The molecule has 19 heavy (non-hydrogen) atoms. The molecule has 0 bridgehead atoms. The van der Waals surface area contributed by atoms with Gasteiger partial charge < -0.3 is 4.74 Å². The van der Waals surface area contributed by atoms with E-state index in [9.17, 15) is 4.79 Å². The Balaban J connectivity index is 2.02. The maximum Gasteiger partial charge on any atom is 0.349 e. The molecule has 3 rings (SSSR count). The number of carbonyl (C=O) groups excluding carboxylic acids is 1. The van der Waals surface area contributed by atoms with Crippen LogP contribution in [0.4, 0.5) is 16.3 Å². The largest absolute Gasteiger partial charge is 0.363 e. The molecule has 1 aromatic heterocycles. The van der Waals surface area contributed by atoms with Crippen molar-refractivity contribution in [1.82, 2.24) is 20.1 Å². The third-order valence-corrected chi connectivity index (χ3v) is 2.78. The Bertz CT molecular complexity index is 583. The highest BCUT2D eigenvalue weighted by Crippen LogP contribution is 2.26. The van der Waals surface area contributed by atoms with Crippen LogP contribution in [-0.2, 0) is 4.74 Å². The zero-order valence-corrected chi connectivity index (χ0v) is 10.4. The zero-order valence-electron chi connectivity index (χ0n) is 10.4. The molecule has 0 radical (unpaired) electrons. The van der Waals surface area contributed by atoms with Gasteiger partial charge in [-0.2, -0.15) is 0 Å². The van der Waals surface area contributed by atoms with Crippen molar-refractivity contribution in [3.63, 3.8) is 0 Å². The number of rotatable bonds is 3. The van der Waals surface area contributed by atoms with Crippen molar-refractivity contribution in [1.29, 1.82) is 0 Å². The van der Waals surface area contributed by atoms with Gasteiger partial charge in [0.1, 0.15) is 13.1 Å². The minimum atomic E-state index is -0.235. The van der Waals surface area contributed by atoms with Gasteiger partial charge in [-0.1, -0.05) is 18.2 Å². The second-order valence-corrected chi connectivity index (χ2v) is 4.02. The van der Waals surface area contributed by atoms with Crippen LogP contribution in [0.1, 0.15) is 0 Å². The number of imidazole rings is 1. The number of hydrazine groups is 2. The summed E-state index contributed by atoms with van der Waals surface area (Å²) < 4.78 is 6.47. The molecule has 98 valence electrons. The number of carbonyl (C=O) groups is 1. The van der Waals surface area contributed by atoms with Crippen molar-refractivity contribution in [3.8, 4) is 0 Å². The maximum atomic E-state index is 12.1. The van der Waals surface area contributed by atoms with E-state index >= 15 is 0 Å². The molecule has 7 heteroatoms. The van der Waals surface area contributed by atoms with Gasteiger partial charge in [0.2, 0.25) is 0 Å². The van der Waals surface area contributed by atoms with Gasteiger partial charge in [-0.15, -0.1) is 5.53 Å². The number of ether oxygens (including phenoxy) is 1. The Kier molecular flexibility index (Phi) is 2.90. The van der Waals surface area contributed by atoms with Crippen LogP contribution in [0.25, 0.3) is 0 Å². The normalized spacial score (nSPS) is 14.7. The van der Waals surface area contributed by atoms with Crippen LogP contribution >= 0.6 is 0 Å². The standard InChI is InChI=1S/C12H13N5O2/c1-19-9-16-12(18)15-8-13-7-11(15)17(14-16)10-5-3-2-4-6-10/h2-8,14H,9H2,1H3. The lowest BCUT2D eigenvalue weighted by molar-refractivity contribution is 0.0487. The van der Waals surface area contributed by atoms with E-state index in [0.29, 0.717) is 5.82 Å². The molecule has 0 spiro atoms. The fourth-order valence-electron chi connectivity index (χ4n) is 1.93. The monoisotopic (exact) mass is 259 g/mol. The van der Waals surface area contributed by atoms with E-state index < -0.39 is 0 Å². The fraction of sp³-hybridized carbons (Fsp3) is 0.167. The number of hydrogen-bond acceptors (Lipinski definition) is 5. The van der Waals surface area contributed by atoms with Crippen LogP contribution in [0.15, 0.2) is 42.9 Å². The highest BCUT2D eigenvalue weighted by atomic mass is 16.5. The Morgan fingerprint density at radius 3 is 2.84 bits per heavy atom. The lowest BCUT2D eigenvalue weighted by atomic mass is 10.3. The molecule has 1 aliphatic heterocycles. The molecule has 1 amide bonds. The summed E-state index contributed by atoms with van der Waals surface area (Å²) in [5, 5.41) is 3.13. The number of hydrogen-bond donors (Lipinski definition) is 1. The van der Waals surface area contributed by atoms with Gasteiger partial charge in [-0.3, -0.25) is 0 Å². The van der Waals surface area contributed by atoms with Crippen molar-refractivity contribution in [2.75, 3.05) is 18.8 Å². The fourth-order valence-corrected chi connectivity index (χ4v) is 1.93. The molecular weight excluding hydrogens is 246 g/mol. The number of methoxy groups -OCH3 is 1. The van der Waals surface area contributed by atoms with Crippen LogP contribution in [-0.4, -0.2) is 34.4 Å². The van der Waals surface area contributed by atoms with E-state index in [4.69, 9.17) is 4.74 Å². The van der Waals surface area contributed by atoms with Crippen LogP contribution in [0.3, 0.4) is 0 Å². The Morgan fingerprint density at radius 2 is 2.11 bits per heavy atom. The number of nitrogens with zero attached hydrogens (tertiary/aromatic N) is 4. The third kappa shape index (κ3) is 1.94. The molecule has 7 nitrogen and oxygen atoms in total. The van der Waals surface area contributed by atoms with Gasteiger partial charge in [0.15, 0.2) is 5.82 Å². The number of anilines is 2. The summed E-state index contributed by atoms with van der Waals surface area (Å²) in [4.78, 5) is 16.1. The van der Waals surface area contributed by atoms with E-state index in [1.54, 1.807) is 11.2 Å². The van der Waals surface area contributed by atoms with E-state index in [1.807, 2.05) is 30.3 Å². The number of para-hydroxylation sites is 1. The predicted octanol–water partition coefficient (Wildman–Crippen LogP) is 1.33. The van der Waals surface area contributed by atoms with Gasteiger partial charge in [0, 0.05) is 7.11 Å². The van der Waals surface area contributed by atoms with Crippen molar-refractivity contribution < 1.29 is 9.53 Å². The van der Waals surface area contributed by atoms with E-state index in [2.05, 4.69) is 10.5 Å². The molecule has 0 unspecified atom stereocenters. The summed E-state index contributed by atoms with van der Waals surface area (Å²) in [7, 11) is 1.53. The minimum absolute atomic E-state index is 0.139. The van der Waals surface area contributed by atoms with Gasteiger partial charge in [-0.25, -0.2) is 24.4 Å². The highest BCUT2D eigenvalue weighted by Gasteiger charge is 2.29. The smallest absolute Gasteiger partial charge is 0.349 e. The van der Waals surface area contributed by atoms with Gasteiger partial charge in [-0.05, 0) is 12.1 Å². The Hall–Kier alpha value is -2.38. The molecule has 0 aliphatic carbocycles. The quantitative estimate of drug-likeness (QED) is 0.901. The van der Waals surface area contributed by atoms with Crippen molar-refractivity contribution in [3.05, 3.63) is 42.9 Å².